The number of halogens is 1. The van der Waals surface area contributed by atoms with Gasteiger partial charge in [-0.15, -0.1) is 0 Å². The summed E-state index contributed by atoms with van der Waals surface area (Å²) in [7, 11) is -10.6. The Hall–Kier alpha value is -0.380. The lowest BCUT2D eigenvalue weighted by Gasteiger charge is -2.26. The molecule has 120 valence electrons. The first kappa shape index (κ1) is 19.6. The Bertz CT molecular complexity index is 431. The molecular formula is C7H15FO10P2. The minimum atomic E-state index is -5.34. The average Bonchev–Trinajstić information content (AvgIpc) is 2.08. The molecule has 3 unspecified atom stereocenters. The highest BCUT2D eigenvalue weighted by Gasteiger charge is 2.37. The van der Waals surface area contributed by atoms with Crippen molar-refractivity contribution in [3.05, 3.63) is 0 Å². The molecular weight excluding hydrogens is 325 g/mol. The zero-order valence-electron chi connectivity index (χ0n) is 10.2. The second-order valence-electron chi connectivity index (χ2n) is 4.19. The summed E-state index contributed by atoms with van der Waals surface area (Å²) in [5, 5.41) is 18.1. The third kappa shape index (κ3) is 9.51. The van der Waals surface area contributed by atoms with Gasteiger partial charge < -0.3 is 24.9 Å². The molecule has 0 aromatic rings. The second kappa shape index (κ2) is 7.06. The molecule has 0 amide bonds. The zero-order valence-corrected chi connectivity index (χ0v) is 12.0. The summed E-state index contributed by atoms with van der Waals surface area (Å²) in [6, 6.07) is 0. The van der Waals surface area contributed by atoms with E-state index in [1.165, 1.54) is 0 Å². The number of phosphoric ester groups is 1. The summed E-state index contributed by atoms with van der Waals surface area (Å²) in [5.74, 6) is -1.40. The minimum absolute atomic E-state index is 0.704. The summed E-state index contributed by atoms with van der Waals surface area (Å²) >= 11 is 0. The lowest BCUT2D eigenvalue weighted by molar-refractivity contribution is -0.142. The molecule has 5 N–H and O–H groups in total. The zero-order chi connectivity index (χ0) is 16.2. The van der Waals surface area contributed by atoms with Crippen molar-refractivity contribution in [1.29, 1.82) is 0 Å². The number of carboxylic acid groups (broad SMARTS) is 1. The monoisotopic (exact) mass is 340 g/mol. The Morgan fingerprint density at radius 2 is 1.85 bits per heavy atom. The summed E-state index contributed by atoms with van der Waals surface area (Å²) in [5.41, 5.74) is -1.95. The standard InChI is InChI=1S/C7H15FO10P2/c1-7(11,3-6(9)10)2-5(4-8)17-20(15,16)18-19(12,13)14/h5,11H,2-4H2,1H3,(H,9,10)(H,15,16)(H2,12,13,14). The molecule has 0 bridgehead atoms. The Morgan fingerprint density at radius 1 is 1.35 bits per heavy atom. The maximum atomic E-state index is 12.6. The van der Waals surface area contributed by atoms with Crippen LogP contribution in [0, 0.1) is 0 Å². The van der Waals surface area contributed by atoms with Crippen molar-refractivity contribution in [3.8, 4) is 0 Å². The molecule has 13 heteroatoms. The van der Waals surface area contributed by atoms with Crippen LogP contribution in [0.25, 0.3) is 0 Å². The van der Waals surface area contributed by atoms with Crippen LogP contribution >= 0.6 is 15.6 Å². The topological polar surface area (TPSA) is 171 Å². The van der Waals surface area contributed by atoms with Gasteiger partial charge in [-0.25, -0.2) is 13.5 Å². The average molecular weight is 340 g/mol. The van der Waals surface area contributed by atoms with Gasteiger partial charge in [0.1, 0.15) is 12.8 Å². The maximum absolute atomic E-state index is 12.6. The predicted molar refractivity (Wildman–Crippen MR) is 61.3 cm³/mol. The van der Waals surface area contributed by atoms with Crippen LogP contribution in [0.2, 0.25) is 0 Å². The number of carboxylic acids is 1. The van der Waals surface area contributed by atoms with E-state index in [4.69, 9.17) is 19.8 Å². The fraction of sp³-hybridized carbons (Fsp3) is 0.857. The molecule has 0 saturated carbocycles. The number of phosphoric acid groups is 2. The molecule has 10 nitrogen and oxygen atoms in total. The quantitative estimate of drug-likeness (QED) is 0.364. The Labute approximate surface area is 113 Å². The Balaban J connectivity index is 4.74. The number of hydrogen-bond donors (Lipinski definition) is 5. The van der Waals surface area contributed by atoms with Crippen molar-refractivity contribution >= 4 is 21.6 Å². The van der Waals surface area contributed by atoms with Gasteiger partial charge in [0.2, 0.25) is 0 Å². The number of alkyl halides is 1. The van der Waals surface area contributed by atoms with Crippen molar-refractivity contribution < 1.29 is 52.0 Å². The first-order valence-electron chi connectivity index (χ1n) is 5.04. The molecule has 0 aliphatic rings. The first-order valence-corrected chi connectivity index (χ1v) is 8.07. The van der Waals surface area contributed by atoms with Gasteiger partial charge in [0.15, 0.2) is 0 Å². The third-order valence-electron chi connectivity index (χ3n) is 1.86. The Kier molecular flexibility index (Phi) is 6.92. The van der Waals surface area contributed by atoms with Crippen molar-refractivity contribution in [1.82, 2.24) is 0 Å². The van der Waals surface area contributed by atoms with Gasteiger partial charge in [-0.1, -0.05) is 0 Å². The van der Waals surface area contributed by atoms with Crippen LogP contribution in [0.15, 0.2) is 0 Å². The number of aliphatic hydroxyl groups is 1. The molecule has 0 heterocycles. The molecule has 0 aromatic carbocycles. The smallest absolute Gasteiger partial charge is 0.481 e. The van der Waals surface area contributed by atoms with E-state index in [2.05, 4.69) is 8.83 Å². The molecule has 0 fully saturated rings. The lowest BCUT2D eigenvalue weighted by atomic mass is 9.95. The summed E-state index contributed by atoms with van der Waals surface area (Å²) in [4.78, 5) is 36.1. The highest BCUT2D eigenvalue weighted by Crippen LogP contribution is 2.58. The van der Waals surface area contributed by atoms with Crippen LogP contribution in [0.5, 0.6) is 0 Å². The fourth-order valence-corrected chi connectivity index (χ4v) is 3.09. The van der Waals surface area contributed by atoms with Crippen LogP contribution in [-0.4, -0.2) is 49.2 Å². The van der Waals surface area contributed by atoms with Crippen molar-refractivity contribution in [2.24, 2.45) is 0 Å². The molecule has 0 spiro atoms. The SMILES string of the molecule is CC(O)(CC(=O)O)CC(CF)OP(=O)(O)OP(=O)(O)O. The fourth-order valence-electron chi connectivity index (χ4n) is 1.35. The van der Waals surface area contributed by atoms with Crippen LogP contribution in [-0.2, 0) is 22.8 Å². The number of hydrogen-bond acceptors (Lipinski definition) is 6. The van der Waals surface area contributed by atoms with E-state index < -0.39 is 52.8 Å². The number of carbonyl (C=O) groups is 1. The third-order valence-corrected chi connectivity index (χ3v) is 4.10. The highest BCUT2D eigenvalue weighted by atomic mass is 31.3. The number of rotatable bonds is 9. The maximum Gasteiger partial charge on any atom is 0.481 e. The van der Waals surface area contributed by atoms with Crippen molar-refractivity contribution in [3.63, 3.8) is 0 Å². The van der Waals surface area contributed by atoms with Gasteiger partial charge >= 0.3 is 21.6 Å². The summed E-state index contributed by atoms with van der Waals surface area (Å²) < 4.78 is 41.8. The van der Waals surface area contributed by atoms with E-state index in [1.807, 2.05) is 0 Å². The van der Waals surface area contributed by atoms with Crippen LogP contribution in [0.4, 0.5) is 4.39 Å². The minimum Gasteiger partial charge on any atom is -0.481 e. The second-order valence-corrected chi connectivity index (χ2v) is 6.98. The highest BCUT2D eigenvalue weighted by molar-refractivity contribution is 7.60. The van der Waals surface area contributed by atoms with E-state index in [1.54, 1.807) is 0 Å². The van der Waals surface area contributed by atoms with Crippen LogP contribution < -0.4 is 0 Å². The van der Waals surface area contributed by atoms with E-state index in [-0.39, 0.29) is 0 Å². The van der Waals surface area contributed by atoms with Crippen LogP contribution in [0.1, 0.15) is 19.8 Å². The lowest BCUT2D eigenvalue weighted by Crippen LogP contribution is -2.34. The first-order chi connectivity index (χ1) is 8.76. The molecule has 0 saturated heterocycles. The van der Waals surface area contributed by atoms with E-state index in [9.17, 15) is 23.4 Å². The molecule has 0 aromatic heterocycles. The van der Waals surface area contributed by atoms with Crippen molar-refractivity contribution in [2.75, 3.05) is 6.67 Å². The molecule has 3 atom stereocenters. The largest absolute Gasteiger partial charge is 0.481 e. The number of aliphatic carboxylic acids is 1. The van der Waals surface area contributed by atoms with Gasteiger partial charge in [-0.3, -0.25) is 9.32 Å². The summed E-state index contributed by atoms with van der Waals surface area (Å²) in [6.07, 6.45) is -3.28. The molecule has 0 radical (unpaired) electrons. The molecule has 0 aliphatic carbocycles. The molecule has 0 rings (SSSR count). The Morgan fingerprint density at radius 3 is 2.20 bits per heavy atom. The van der Waals surface area contributed by atoms with E-state index >= 15 is 0 Å². The normalized spacial score (nSPS) is 19.9. The van der Waals surface area contributed by atoms with Gasteiger partial charge in [-0.05, 0) is 6.92 Å². The van der Waals surface area contributed by atoms with E-state index in [0.717, 1.165) is 6.92 Å². The van der Waals surface area contributed by atoms with Crippen LogP contribution in [0.3, 0.4) is 0 Å². The van der Waals surface area contributed by atoms with E-state index in [0.29, 0.717) is 0 Å². The predicted octanol–water partition coefficient (Wildman–Crippen LogP) is 0.167. The van der Waals surface area contributed by atoms with Gasteiger partial charge in [-0.2, -0.15) is 4.31 Å². The molecule has 0 aliphatic heterocycles. The molecule has 20 heavy (non-hydrogen) atoms. The summed E-state index contributed by atoms with van der Waals surface area (Å²) in [6.45, 7) is -0.385. The van der Waals surface area contributed by atoms with Gasteiger partial charge in [0.05, 0.1) is 12.0 Å². The van der Waals surface area contributed by atoms with Gasteiger partial charge in [0.25, 0.3) is 0 Å². The van der Waals surface area contributed by atoms with Gasteiger partial charge in [0, 0.05) is 6.42 Å². The van der Waals surface area contributed by atoms with Crippen molar-refractivity contribution in [2.45, 2.75) is 31.5 Å².